The molecule has 2 aromatic heterocycles. The van der Waals surface area contributed by atoms with Crippen molar-refractivity contribution < 1.29 is 19.1 Å². The third kappa shape index (κ3) is 4.32. The molecule has 0 fully saturated rings. The van der Waals surface area contributed by atoms with Gasteiger partial charge in [0.15, 0.2) is 5.16 Å². The van der Waals surface area contributed by atoms with E-state index in [2.05, 4.69) is 15.3 Å². The molecular formula is C21H23N3O4S2. The van der Waals surface area contributed by atoms with Gasteiger partial charge in [-0.05, 0) is 50.8 Å². The number of aromatic nitrogens is 2. The molecule has 30 heavy (non-hydrogen) atoms. The Morgan fingerprint density at radius 3 is 2.93 bits per heavy atom. The lowest BCUT2D eigenvalue weighted by molar-refractivity contribution is -0.113. The number of nitrogens with zero attached hydrogens (tertiary/aromatic N) is 1. The third-order valence-corrected chi connectivity index (χ3v) is 6.82. The summed E-state index contributed by atoms with van der Waals surface area (Å²) in [5.74, 6) is 0.423. The van der Waals surface area contributed by atoms with Crippen LogP contribution in [0.15, 0.2) is 23.4 Å². The number of anilines is 1. The standard InChI is InChI=1S/C21H23N3O4S2/c1-3-27-12-8-9-14-15(10-12)23-21(22-14)29-11-17(25)24-19-18(20(26)28-4-2)13-6-5-7-16(13)30-19/h8-10H,3-7,11H2,1-2H3,(H,22,23)(H,24,25). The summed E-state index contributed by atoms with van der Waals surface area (Å²) in [5, 5.41) is 4.16. The number of aromatic amines is 1. The lowest BCUT2D eigenvalue weighted by Crippen LogP contribution is -2.16. The van der Waals surface area contributed by atoms with Crippen LogP contribution >= 0.6 is 23.1 Å². The van der Waals surface area contributed by atoms with E-state index in [4.69, 9.17) is 9.47 Å². The lowest BCUT2D eigenvalue weighted by atomic mass is 10.1. The number of hydrogen-bond donors (Lipinski definition) is 2. The van der Waals surface area contributed by atoms with Crippen LogP contribution in [-0.4, -0.2) is 40.8 Å². The number of esters is 1. The zero-order valence-electron chi connectivity index (χ0n) is 16.9. The van der Waals surface area contributed by atoms with E-state index >= 15 is 0 Å². The van der Waals surface area contributed by atoms with Crippen molar-refractivity contribution in [2.24, 2.45) is 0 Å². The fraction of sp³-hybridized carbons (Fsp3) is 0.381. The summed E-state index contributed by atoms with van der Waals surface area (Å²) < 4.78 is 10.7. The molecule has 0 spiro atoms. The molecule has 1 amide bonds. The van der Waals surface area contributed by atoms with Crippen LogP contribution in [0.5, 0.6) is 5.75 Å². The topological polar surface area (TPSA) is 93.3 Å². The second-order valence-electron chi connectivity index (χ2n) is 6.77. The number of nitrogens with one attached hydrogen (secondary N) is 2. The molecule has 2 N–H and O–H groups in total. The largest absolute Gasteiger partial charge is 0.494 e. The van der Waals surface area contributed by atoms with Crippen LogP contribution in [0.2, 0.25) is 0 Å². The summed E-state index contributed by atoms with van der Waals surface area (Å²) in [6.07, 6.45) is 2.84. The summed E-state index contributed by atoms with van der Waals surface area (Å²) >= 11 is 2.80. The summed E-state index contributed by atoms with van der Waals surface area (Å²) in [6.45, 7) is 4.63. The maximum Gasteiger partial charge on any atom is 0.341 e. The van der Waals surface area contributed by atoms with Gasteiger partial charge in [0.2, 0.25) is 5.91 Å². The van der Waals surface area contributed by atoms with Gasteiger partial charge in [-0.25, -0.2) is 9.78 Å². The first-order chi connectivity index (χ1) is 14.6. The fourth-order valence-electron chi connectivity index (χ4n) is 3.50. The second-order valence-corrected chi connectivity index (χ2v) is 8.84. The minimum Gasteiger partial charge on any atom is -0.494 e. The highest BCUT2D eigenvalue weighted by Crippen LogP contribution is 2.39. The predicted molar refractivity (Wildman–Crippen MR) is 119 cm³/mol. The van der Waals surface area contributed by atoms with Crippen molar-refractivity contribution in [3.05, 3.63) is 34.2 Å². The van der Waals surface area contributed by atoms with Gasteiger partial charge in [0.05, 0.1) is 35.6 Å². The van der Waals surface area contributed by atoms with E-state index in [-0.39, 0.29) is 17.6 Å². The number of H-pyrrole nitrogens is 1. The maximum atomic E-state index is 12.6. The Balaban J connectivity index is 1.43. The maximum absolute atomic E-state index is 12.6. The van der Waals surface area contributed by atoms with Crippen molar-refractivity contribution in [3.63, 3.8) is 0 Å². The Labute approximate surface area is 182 Å². The van der Waals surface area contributed by atoms with Gasteiger partial charge in [0.1, 0.15) is 10.8 Å². The molecule has 158 valence electrons. The van der Waals surface area contributed by atoms with Crippen molar-refractivity contribution >= 4 is 51.0 Å². The molecule has 0 saturated carbocycles. The van der Waals surface area contributed by atoms with E-state index in [1.54, 1.807) is 6.92 Å². The summed E-state index contributed by atoms with van der Waals surface area (Å²) in [7, 11) is 0. The highest BCUT2D eigenvalue weighted by atomic mass is 32.2. The Bertz CT molecular complexity index is 1090. The van der Waals surface area contributed by atoms with Crippen LogP contribution in [0, 0.1) is 0 Å². The van der Waals surface area contributed by atoms with Gasteiger partial charge in [-0.1, -0.05) is 11.8 Å². The molecule has 0 saturated heterocycles. The molecule has 1 aliphatic carbocycles. The third-order valence-electron chi connectivity index (χ3n) is 4.74. The number of hydrogen-bond acceptors (Lipinski definition) is 7. The first kappa shape index (κ1) is 20.7. The highest BCUT2D eigenvalue weighted by molar-refractivity contribution is 7.99. The number of thiophene rings is 1. The van der Waals surface area contributed by atoms with E-state index in [1.165, 1.54) is 28.0 Å². The Kier molecular flexibility index (Phi) is 6.29. The molecule has 3 aromatic rings. The number of carbonyl (C=O) groups excluding carboxylic acids is 2. The SMILES string of the molecule is CCOC(=O)c1c(NC(=O)CSc2nc3ccc(OCC)cc3[nH]2)sc2c1CCC2. The quantitative estimate of drug-likeness (QED) is 0.394. The van der Waals surface area contributed by atoms with Crippen molar-refractivity contribution in [1.29, 1.82) is 0 Å². The van der Waals surface area contributed by atoms with E-state index in [1.807, 2.05) is 25.1 Å². The zero-order chi connectivity index (χ0) is 21.1. The molecule has 4 rings (SSSR count). The minimum absolute atomic E-state index is 0.180. The van der Waals surface area contributed by atoms with Crippen LogP contribution in [0.25, 0.3) is 11.0 Å². The first-order valence-corrected chi connectivity index (χ1v) is 11.8. The van der Waals surface area contributed by atoms with Crippen LogP contribution in [0.4, 0.5) is 5.00 Å². The number of aryl methyl sites for hydroxylation is 1. The van der Waals surface area contributed by atoms with Gasteiger partial charge in [-0.2, -0.15) is 0 Å². The Hall–Kier alpha value is -2.52. The van der Waals surface area contributed by atoms with E-state index in [9.17, 15) is 9.59 Å². The van der Waals surface area contributed by atoms with E-state index in [0.717, 1.165) is 41.6 Å². The van der Waals surface area contributed by atoms with Crippen molar-refractivity contribution in [2.75, 3.05) is 24.3 Å². The number of carbonyl (C=O) groups is 2. The average molecular weight is 446 g/mol. The van der Waals surface area contributed by atoms with Gasteiger partial charge in [0, 0.05) is 10.9 Å². The summed E-state index contributed by atoms with van der Waals surface area (Å²) in [4.78, 5) is 33.9. The fourth-order valence-corrected chi connectivity index (χ4v) is 5.48. The van der Waals surface area contributed by atoms with Gasteiger partial charge in [-0.3, -0.25) is 4.79 Å². The molecule has 0 atom stereocenters. The molecule has 9 heteroatoms. The molecular weight excluding hydrogens is 422 g/mol. The Morgan fingerprint density at radius 2 is 2.13 bits per heavy atom. The number of rotatable bonds is 8. The van der Waals surface area contributed by atoms with E-state index < -0.39 is 0 Å². The number of thioether (sulfide) groups is 1. The smallest absolute Gasteiger partial charge is 0.341 e. The molecule has 0 aliphatic heterocycles. The van der Waals surface area contributed by atoms with Gasteiger partial charge >= 0.3 is 5.97 Å². The number of imidazole rings is 1. The molecule has 0 bridgehead atoms. The Morgan fingerprint density at radius 1 is 1.27 bits per heavy atom. The molecule has 7 nitrogen and oxygen atoms in total. The number of ether oxygens (including phenoxy) is 2. The molecule has 0 radical (unpaired) electrons. The van der Waals surface area contributed by atoms with Crippen molar-refractivity contribution in [2.45, 2.75) is 38.3 Å². The average Bonchev–Trinajstić information content (AvgIpc) is 3.40. The molecule has 1 aromatic carbocycles. The van der Waals surface area contributed by atoms with Gasteiger partial charge in [-0.15, -0.1) is 11.3 Å². The number of amides is 1. The monoisotopic (exact) mass is 445 g/mol. The molecule has 2 heterocycles. The van der Waals surface area contributed by atoms with Crippen LogP contribution in [0.3, 0.4) is 0 Å². The van der Waals surface area contributed by atoms with Crippen molar-refractivity contribution in [1.82, 2.24) is 9.97 Å². The van der Waals surface area contributed by atoms with Crippen LogP contribution in [-0.2, 0) is 22.4 Å². The molecule has 1 aliphatic rings. The minimum atomic E-state index is -0.359. The number of benzene rings is 1. The summed E-state index contributed by atoms with van der Waals surface area (Å²) in [5.41, 5.74) is 3.24. The number of fused-ring (bicyclic) bond motifs is 2. The lowest BCUT2D eigenvalue weighted by Gasteiger charge is -2.07. The second kappa shape index (κ2) is 9.09. The van der Waals surface area contributed by atoms with Gasteiger partial charge < -0.3 is 19.8 Å². The normalized spacial score (nSPS) is 12.7. The highest BCUT2D eigenvalue weighted by Gasteiger charge is 2.28. The molecule has 0 unspecified atom stereocenters. The van der Waals surface area contributed by atoms with Gasteiger partial charge in [0.25, 0.3) is 0 Å². The zero-order valence-corrected chi connectivity index (χ0v) is 18.5. The summed E-state index contributed by atoms with van der Waals surface area (Å²) in [6, 6.07) is 5.66. The first-order valence-electron chi connectivity index (χ1n) is 9.96. The predicted octanol–water partition coefficient (Wildman–Crippen LogP) is 4.42. The van der Waals surface area contributed by atoms with Crippen LogP contribution in [0.1, 0.15) is 41.1 Å². The van der Waals surface area contributed by atoms with Crippen molar-refractivity contribution in [3.8, 4) is 5.75 Å². The van der Waals surface area contributed by atoms with Crippen LogP contribution < -0.4 is 10.1 Å². The van der Waals surface area contributed by atoms with E-state index in [0.29, 0.717) is 28.9 Å².